The molecule has 3 aromatic rings. The van der Waals surface area contributed by atoms with Crippen molar-refractivity contribution in [3.63, 3.8) is 0 Å². The second kappa shape index (κ2) is 14.2. The first-order valence-corrected chi connectivity index (χ1v) is 16.3. The van der Waals surface area contributed by atoms with Crippen molar-refractivity contribution in [3.05, 3.63) is 89.5 Å². The molecule has 0 amide bonds. The molecule has 0 aliphatic rings. The number of benzene rings is 3. The summed E-state index contributed by atoms with van der Waals surface area (Å²) in [4.78, 5) is 0.283. The monoisotopic (exact) mass is 604 g/mol. The molecule has 0 heterocycles. The molecule has 0 radical (unpaired) electrons. The molecule has 0 atom stereocenters. The molecule has 3 aromatic carbocycles. The molecule has 0 aromatic heterocycles. The van der Waals surface area contributed by atoms with Crippen LogP contribution in [0, 0.1) is 20.8 Å². The molecular formula is C25H29ClO9S3. The summed E-state index contributed by atoms with van der Waals surface area (Å²) in [6.07, 6.45) is 0. The van der Waals surface area contributed by atoms with Crippen LogP contribution < -0.4 is 0 Å². The van der Waals surface area contributed by atoms with Gasteiger partial charge in [0, 0.05) is 10.7 Å². The van der Waals surface area contributed by atoms with Gasteiger partial charge in [-0.25, -0.2) is 8.42 Å². The van der Waals surface area contributed by atoms with Crippen molar-refractivity contribution in [2.24, 2.45) is 0 Å². The molecule has 13 heteroatoms. The van der Waals surface area contributed by atoms with E-state index in [1.165, 1.54) is 36.4 Å². The molecule has 208 valence electrons. The molecule has 0 saturated carbocycles. The van der Waals surface area contributed by atoms with Gasteiger partial charge in [-0.05, 0) is 57.2 Å². The Morgan fingerprint density at radius 2 is 0.789 bits per heavy atom. The predicted octanol–water partition coefficient (Wildman–Crippen LogP) is 4.35. The highest BCUT2D eigenvalue weighted by Crippen LogP contribution is 2.15. The Kier molecular flexibility index (Phi) is 11.9. The Hall–Kier alpha value is -2.32. The smallest absolute Gasteiger partial charge is 0.297 e. The van der Waals surface area contributed by atoms with E-state index in [-0.39, 0.29) is 41.1 Å². The summed E-state index contributed by atoms with van der Waals surface area (Å²) in [5.41, 5.74) is 2.89. The number of hydrogen-bond donors (Lipinski definition) is 0. The van der Waals surface area contributed by atoms with Crippen molar-refractivity contribution in [2.75, 3.05) is 26.4 Å². The maximum absolute atomic E-state index is 12.0. The van der Waals surface area contributed by atoms with Crippen molar-refractivity contribution in [3.8, 4) is 0 Å². The van der Waals surface area contributed by atoms with Gasteiger partial charge in [0.2, 0.25) is 0 Å². The average Bonchev–Trinajstić information content (AvgIpc) is 2.84. The molecule has 0 saturated heterocycles. The fourth-order valence-electron chi connectivity index (χ4n) is 2.75. The van der Waals surface area contributed by atoms with Gasteiger partial charge in [0.1, 0.15) is 0 Å². The van der Waals surface area contributed by atoms with Crippen LogP contribution in [0.3, 0.4) is 0 Å². The highest BCUT2D eigenvalue weighted by Gasteiger charge is 2.16. The summed E-state index contributed by atoms with van der Waals surface area (Å²) in [5, 5.41) is 0. The Bertz CT molecular complexity index is 1400. The summed E-state index contributed by atoms with van der Waals surface area (Å²) < 4.78 is 84.2. The summed E-state index contributed by atoms with van der Waals surface area (Å²) in [5.74, 6) is 0. The maximum atomic E-state index is 12.0. The van der Waals surface area contributed by atoms with Crippen LogP contribution in [0.1, 0.15) is 16.7 Å². The van der Waals surface area contributed by atoms with E-state index < -0.39 is 29.3 Å². The van der Waals surface area contributed by atoms with E-state index in [0.717, 1.165) is 16.7 Å². The van der Waals surface area contributed by atoms with Crippen LogP contribution in [0.2, 0.25) is 0 Å². The van der Waals surface area contributed by atoms with Gasteiger partial charge < -0.3 is 4.74 Å². The minimum absolute atomic E-state index is 0.0149. The van der Waals surface area contributed by atoms with Gasteiger partial charge in [0.25, 0.3) is 29.3 Å². The fourth-order valence-corrected chi connectivity index (χ4v) is 5.31. The summed E-state index contributed by atoms with van der Waals surface area (Å²) in [6, 6.07) is 19.0. The van der Waals surface area contributed by atoms with E-state index in [2.05, 4.69) is 0 Å². The molecule has 0 unspecified atom stereocenters. The lowest BCUT2D eigenvalue weighted by Gasteiger charge is -2.08. The SMILES string of the molecule is Cc1ccc(S(=O)(=O)Cl)cc1.Cc1ccc(S(=O)(=O)OCCOCCOS(=O)(=O)c2ccc(C)cc2)cc1. The topological polar surface area (TPSA) is 130 Å². The zero-order valence-electron chi connectivity index (χ0n) is 21.0. The Balaban J connectivity index is 0.000000384. The van der Waals surface area contributed by atoms with Crippen molar-refractivity contribution < 1.29 is 38.4 Å². The zero-order chi connectivity index (χ0) is 28.4. The van der Waals surface area contributed by atoms with Crippen molar-refractivity contribution in [1.29, 1.82) is 0 Å². The minimum Gasteiger partial charge on any atom is -0.377 e. The number of aryl methyl sites for hydroxylation is 3. The van der Waals surface area contributed by atoms with E-state index >= 15 is 0 Å². The molecule has 0 N–H and O–H groups in total. The number of rotatable bonds is 11. The van der Waals surface area contributed by atoms with Gasteiger partial charge in [0.15, 0.2) is 0 Å². The molecule has 0 bridgehead atoms. The van der Waals surface area contributed by atoms with Crippen LogP contribution in [-0.2, 0) is 42.4 Å². The summed E-state index contributed by atoms with van der Waals surface area (Å²) >= 11 is 0. The van der Waals surface area contributed by atoms with Crippen LogP contribution in [0.5, 0.6) is 0 Å². The Morgan fingerprint density at radius 3 is 1.08 bits per heavy atom. The van der Waals surface area contributed by atoms with Gasteiger partial charge in [-0.3, -0.25) is 8.37 Å². The number of halogens is 1. The maximum Gasteiger partial charge on any atom is 0.297 e. The van der Waals surface area contributed by atoms with Crippen LogP contribution in [0.4, 0.5) is 0 Å². The average molecular weight is 605 g/mol. The molecule has 0 fully saturated rings. The van der Waals surface area contributed by atoms with Crippen LogP contribution in [0.15, 0.2) is 87.5 Å². The molecule has 0 aliphatic heterocycles. The van der Waals surface area contributed by atoms with Crippen molar-refractivity contribution >= 4 is 40.0 Å². The van der Waals surface area contributed by atoms with E-state index in [0.29, 0.717) is 0 Å². The van der Waals surface area contributed by atoms with Crippen molar-refractivity contribution in [2.45, 2.75) is 35.5 Å². The lowest BCUT2D eigenvalue weighted by Crippen LogP contribution is -2.15. The minimum atomic E-state index is -3.84. The third kappa shape index (κ3) is 10.8. The summed E-state index contributed by atoms with van der Waals surface area (Å²) in [7, 11) is -6.14. The predicted molar refractivity (Wildman–Crippen MR) is 144 cm³/mol. The van der Waals surface area contributed by atoms with Gasteiger partial charge in [0.05, 0.1) is 41.1 Å². The third-order valence-corrected chi connectivity index (χ3v) is 8.88. The van der Waals surface area contributed by atoms with E-state index in [4.69, 9.17) is 23.8 Å². The zero-order valence-corrected chi connectivity index (χ0v) is 24.2. The van der Waals surface area contributed by atoms with Gasteiger partial charge >= 0.3 is 0 Å². The quantitative estimate of drug-likeness (QED) is 0.178. The number of ether oxygens (including phenoxy) is 1. The highest BCUT2D eigenvalue weighted by molar-refractivity contribution is 8.13. The van der Waals surface area contributed by atoms with Gasteiger partial charge in [-0.1, -0.05) is 53.1 Å². The van der Waals surface area contributed by atoms with Gasteiger partial charge in [-0.15, -0.1) is 0 Å². The highest BCUT2D eigenvalue weighted by atomic mass is 35.7. The largest absolute Gasteiger partial charge is 0.377 e. The molecule has 3 rings (SSSR count). The van der Waals surface area contributed by atoms with E-state index in [9.17, 15) is 25.3 Å². The first kappa shape index (κ1) is 31.9. The second-order valence-corrected chi connectivity index (χ2v) is 13.8. The lowest BCUT2D eigenvalue weighted by molar-refractivity contribution is 0.0794. The first-order valence-electron chi connectivity index (χ1n) is 11.2. The van der Waals surface area contributed by atoms with Crippen LogP contribution >= 0.6 is 10.7 Å². The normalized spacial score (nSPS) is 12.0. The molecule has 9 nitrogen and oxygen atoms in total. The summed E-state index contributed by atoms with van der Waals surface area (Å²) in [6.45, 7) is 5.20. The third-order valence-electron chi connectivity index (χ3n) is 4.85. The standard InChI is InChI=1S/C18H22O7S2.C7H7ClO2S/c1-15-3-7-17(8-4-15)26(19,20)24-13-11-23-12-14-25-27(21,22)18-9-5-16(2)6-10-18;1-6-2-4-7(5-3-6)11(8,9)10/h3-10H,11-14H2,1-2H3;2-5H,1H3. The molecular weight excluding hydrogens is 576 g/mol. The van der Waals surface area contributed by atoms with Crippen LogP contribution in [-0.4, -0.2) is 51.7 Å². The van der Waals surface area contributed by atoms with Crippen LogP contribution in [0.25, 0.3) is 0 Å². The van der Waals surface area contributed by atoms with E-state index in [1.807, 2.05) is 20.8 Å². The Labute approximate surface area is 229 Å². The molecule has 0 aliphatic carbocycles. The van der Waals surface area contributed by atoms with Gasteiger partial charge in [-0.2, -0.15) is 16.8 Å². The Morgan fingerprint density at radius 1 is 0.500 bits per heavy atom. The first-order chi connectivity index (χ1) is 17.7. The number of hydrogen-bond acceptors (Lipinski definition) is 9. The van der Waals surface area contributed by atoms with E-state index in [1.54, 1.807) is 36.4 Å². The lowest BCUT2D eigenvalue weighted by atomic mass is 10.2. The fraction of sp³-hybridized carbons (Fsp3) is 0.280. The second-order valence-electron chi connectivity index (χ2n) is 8.04. The molecule has 0 spiro atoms. The van der Waals surface area contributed by atoms with Crippen molar-refractivity contribution in [1.82, 2.24) is 0 Å². The molecule has 38 heavy (non-hydrogen) atoms.